The largest absolute Gasteiger partial charge is 0.398 e. The molecule has 0 atom stereocenters. The first-order chi connectivity index (χ1) is 13.0. The van der Waals surface area contributed by atoms with Gasteiger partial charge >= 0.3 is 0 Å². The monoisotopic (exact) mass is 470 g/mol. The molecule has 0 bridgehead atoms. The minimum atomic E-state index is 0.743. The molecule has 0 aromatic heterocycles. The number of para-hydroxylation sites is 1. The highest BCUT2D eigenvalue weighted by atomic mass is 127. The molecule has 0 amide bonds. The summed E-state index contributed by atoms with van der Waals surface area (Å²) < 4.78 is 1.02. The van der Waals surface area contributed by atoms with Crippen molar-refractivity contribution in [1.29, 1.82) is 0 Å². The molecule has 138 valence electrons. The summed E-state index contributed by atoms with van der Waals surface area (Å²) in [4.78, 5) is 9.69. The van der Waals surface area contributed by atoms with Gasteiger partial charge in [0.2, 0.25) is 0 Å². The number of hydrogen-bond donors (Lipinski definition) is 2. The van der Waals surface area contributed by atoms with Crippen molar-refractivity contribution in [2.24, 2.45) is 15.7 Å². The minimum absolute atomic E-state index is 0.743. The molecule has 0 saturated heterocycles. The average molecular weight is 470 g/mol. The van der Waals surface area contributed by atoms with Crippen molar-refractivity contribution in [1.82, 2.24) is 0 Å². The molecule has 0 unspecified atom stereocenters. The Labute approximate surface area is 173 Å². The van der Waals surface area contributed by atoms with E-state index in [-0.39, 0.29) is 0 Å². The summed E-state index contributed by atoms with van der Waals surface area (Å²) in [5.41, 5.74) is 19.4. The Hall–Kier alpha value is -2.41. The molecule has 2 aromatic carbocycles. The molecule has 2 aromatic rings. The highest BCUT2D eigenvalue weighted by Crippen LogP contribution is 2.29. The molecule has 0 saturated carbocycles. The van der Waals surface area contributed by atoms with Gasteiger partial charge in [-0.05, 0) is 83.0 Å². The third kappa shape index (κ3) is 4.47. The van der Waals surface area contributed by atoms with Gasteiger partial charge in [0.05, 0.1) is 22.8 Å². The number of benzene rings is 2. The lowest BCUT2D eigenvalue weighted by molar-refractivity contribution is 1.09. The number of anilines is 1. The standard InChI is InChI=1S/C22H23IN4/c1-3-14-10-20(17(23)12-18(14)24)27-21-11-15(4-2)19(25)13-22(21)26-16-8-6-5-7-9-16/h5-13H,3-4,24-25H2,1-2H3. The van der Waals surface area contributed by atoms with Gasteiger partial charge in [-0.3, -0.25) is 0 Å². The van der Waals surface area contributed by atoms with Crippen LogP contribution in [0.3, 0.4) is 0 Å². The number of nitrogen functional groups attached to an aromatic ring is 1. The fraction of sp³-hybridized carbons (Fsp3) is 0.182. The fourth-order valence-electron chi connectivity index (χ4n) is 2.91. The summed E-state index contributed by atoms with van der Waals surface area (Å²) in [5.74, 6) is 0. The van der Waals surface area contributed by atoms with Crippen LogP contribution >= 0.6 is 22.6 Å². The fourth-order valence-corrected chi connectivity index (χ4v) is 3.52. The number of hydrogen-bond acceptors (Lipinski definition) is 4. The predicted octanol–water partition coefficient (Wildman–Crippen LogP) is 5.47. The smallest absolute Gasteiger partial charge is 0.0914 e. The molecular formula is C22H23IN4. The van der Waals surface area contributed by atoms with E-state index in [0.717, 1.165) is 61.7 Å². The van der Waals surface area contributed by atoms with Crippen molar-refractivity contribution in [3.63, 3.8) is 0 Å². The number of halogens is 1. The average Bonchev–Trinajstić information content (AvgIpc) is 2.66. The SMILES string of the molecule is CCC1=CC(=Nc2cc(CC)c(N)cc2I)C(=Nc2ccccc2)C=C1N. The van der Waals surface area contributed by atoms with Crippen LogP contribution in [0.1, 0.15) is 25.8 Å². The summed E-state index contributed by atoms with van der Waals surface area (Å²) in [5, 5.41) is 0. The van der Waals surface area contributed by atoms with E-state index >= 15 is 0 Å². The number of nitrogens with two attached hydrogens (primary N) is 2. The van der Waals surface area contributed by atoms with E-state index < -0.39 is 0 Å². The number of rotatable bonds is 4. The van der Waals surface area contributed by atoms with Crippen molar-refractivity contribution < 1.29 is 0 Å². The Kier molecular flexibility index (Phi) is 6.11. The molecule has 0 aliphatic heterocycles. The summed E-state index contributed by atoms with van der Waals surface area (Å²) in [7, 11) is 0. The maximum absolute atomic E-state index is 6.22. The van der Waals surface area contributed by atoms with Gasteiger partial charge in [-0.15, -0.1) is 0 Å². The summed E-state index contributed by atoms with van der Waals surface area (Å²) >= 11 is 2.28. The second-order valence-corrected chi connectivity index (χ2v) is 7.47. The zero-order chi connectivity index (χ0) is 19.4. The minimum Gasteiger partial charge on any atom is -0.398 e. The molecule has 4 N–H and O–H groups in total. The second kappa shape index (κ2) is 8.52. The summed E-state index contributed by atoms with van der Waals surface area (Å²) in [6, 6.07) is 13.9. The maximum Gasteiger partial charge on any atom is 0.0914 e. The van der Waals surface area contributed by atoms with Crippen LogP contribution in [-0.4, -0.2) is 11.4 Å². The molecule has 1 aliphatic carbocycles. The van der Waals surface area contributed by atoms with Crippen LogP contribution in [0.15, 0.2) is 75.9 Å². The van der Waals surface area contributed by atoms with Crippen LogP contribution in [-0.2, 0) is 6.42 Å². The first-order valence-electron chi connectivity index (χ1n) is 9.00. The lowest BCUT2D eigenvalue weighted by Crippen LogP contribution is -2.19. The van der Waals surface area contributed by atoms with E-state index in [2.05, 4.69) is 42.5 Å². The Balaban J connectivity index is 2.13. The topological polar surface area (TPSA) is 76.8 Å². The highest BCUT2D eigenvalue weighted by Gasteiger charge is 2.16. The molecule has 0 fully saturated rings. The number of allylic oxidation sites excluding steroid dienone is 3. The second-order valence-electron chi connectivity index (χ2n) is 6.31. The summed E-state index contributed by atoms with van der Waals surface area (Å²) in [6.07, 6.45) is 5.66. The highest BCUT2D eigenvalue weighted by molar-refractivity contribution is 14.1. The van der Waals surface area contributed by atoms with Crippen molar-refractivity contribution in [2.75, 3.05) is 5.73 Å². The van der Waals surface area contributed by atoms with Crippen LogP contribution < -0.4 is 11.5 Å². The predicted molar refractivity (Wildman–Crippen MR) is 124 cm³/mol. The number of nitrogens with zero attached hydrogens (tertiary/aromatic N) is 2. The molecule has 1 aliphatic rings. The van der Waals surface area contributed by atoms with Crippen LogP contribution in [0.25, 0.3) is 0 Å². The van der Waals surface area contributed by atoms with Gasteiger partial charge in [0, 0.05) is 15.0 Å². The van der Waals surface area contributed by atoms with Crippen molar-refractivity contribution in [3.8, 4) is 0 Å². The molecule has 0 spiro atoms. The van der Waals surface area contributed by atoms with Gasteiger partial charge < -0.3 is 11.5 Å². The molecular weight excluding hydrogens is 447 g/mol. The van der Waals surface area contributed by atoms with Gasteiger partial charge in [-0.1, -0.05) is 32.0 Å². The lowest BCUT2D eigenvalue weighted by Gasteiger charge is -2.15. The van der Waals surface area contributed by atoms with Crippen LogP contribution in [0, 0.1) is 3.57 Å². The zero-order valence-corrected chi connectivity index (χ0v) is 17.7. The molecule has 3 rings (SSSR count). The van der Waals surface area contributed by atoms with Gasteiger partial charge in [0.25, 0.3) is 0 Å². The van der Waals surface area contributed by atoms with Crippen molar-refractivity contribution in [2.45, 2.75) is 26.7 Å². The van der Waals surface area contributed by atoms with E-state index in [1.54, 1.807) is 0 Å². The first-order valence-corrected chi connectivity index (χ1v) is 10.1. The molecule has 4 nitrogen and oxygen atoms in total. The molecule has 0 heterocycles. The third-order valence-electron chi connectivity index (χ3n) is 4.45. The maximum atomic E-state index is 6.22. The number of aryl methyl sites for hydroxylation is 1. The van der Waals surface area contributed by atoms with Gasteiger partial charge in [0.1, 0.15) is 0 Å². The Bertz CT molecular complexity index is 969. The van der Waals surface area contributed by atoms with E-state index in [9.17, 15) is 0 Å². The Morgan fingerprint density at radius 3 is 2.26 bits per heavy atom. The summed E-state index contributed by atoms with van der Waals surface area (Å²) in [6.45, 7) is 4.18. The normalized spacial score (nSPS) is 17.1. The molecule has 5 heteroatoms. The molecule has 0 radical (unpaired) electrons. The van der Waals surface area contributed by atoms with Gasteiger partial charge in [0.15, 0.2) is 0 Å². The van der Waals surface area contributed by atoms with Gasteiger partial charge in [-0.2, -0.15) is 0 Å². The van der Waals surface area contributed by atoms with E-state index in [0.29, 0.717) is 0 Å². The van der Waals surface area contributed by atoms with E-state index in [1.807, 2.05) is 48.6 Å². The third-order valence-corrected chi connectivity index (χ3v) is 5.32. The zero-order valence-electron chi connectivity index (χ0n) is 15.5. The van der Waals surface area contributed by atoms with Crippen LogP contribution in [0.2, 0.25) is 0 Å². The van der Waals surface area contributed by atoms with Crippen LogP contribution in [0.5, 0.6) is 0 Å². The van der Waals surface area contributed by atoms with Crippen LogP contribution in [0.4, 0.5) is 17.1 Å². The lowest BCUT2D eigenvalue weighted by atomic mass is 9.98. The van der Waals surface area contributed by atoms with Crippen molar-refractivity contribution >= 4 is 51.1 Å². The first kappa shape index (κ1) is 19.4. The van der Waals surface area contributed by atoms with Crippen molar-refractivity contribution in [3.05, 3.63) is 75.0 Å². The van der Waals surface area contributed by atoms with E-state index in [4.69, 9.17) is 21.5 Å². The Morgan fingerprint density at radius 2 is 1.59 bits per heavy atom. The Morgan fingerprint density at radius 1 is 0.889 bits per heavy atom. The van der Waals surface area contributed by atoms with E-state index in [1.165, 1.54) is 0 Å². The number of aliphatic imine (C=N–C) groups is 2. The quantitative estimate of drug-likeness (QED) is 0.353. The molecule has 27 heavy (non-hydrogen) atoms. The van der Waals surface area contributed by atoms with Gasteiger partial charge in [-0.25, -0.2) is 9.98 Å².